The highest BCUT2D eigenvalue weighted by Gasteiger charge is 2.13. The number of rotatable bonds is 1. The zero-order valence-corrected chi connectivity index (χ0v) is 9.68. The van der Waals surface area contributed by atoms with Gasteiger partial charge in [0.15, 0.2) is 5.78 Å². The first-order valence-electron chi connectivity index (χ1n) is 3.47. The normalized spacial score (nSPS) is 9.38. The topological polar surface area (TPSA) is 40.9 Å². The molecule has 0 aliphatic rings. The molecule has 0 spiro atoms. The molecule has 0 unspecified atom stereocenters. The Morgan fingerprint density at radius 2 is 2.23 bits per heavy atom. The van der Waals surface area contributed by atoms with Gasteiger partial charge in [0.25, 0.3) is 0 Å². The van der Waals surface area contributed by atoms with E-state index in [1.807, 2.05) is 28.7 Å². The van der Waals surface area contributed by atoms with E-state index in [2.05, 4.69) is 0 Å². The highest BCUT2D eigenvalue weighted by Crippen LogP contribution is 2.26. The number of hydrogen-bond donors (Lipinski definition) is 0. The summed E-state index contributed by atoms with van der Waals surface area (Å²) in [5, 5.41) is 9.09. The van der Waals surface area contributed by atoms with Gasteiger partial charge >= 0.3 is 0 Å². The molecule has 1 aromatic rings. The number of ketones is 1. The molecule has 0 aliphatic carbocycles. The van der Waals surface area contributed by atoms with Crippen molar-refractivity contribution in [3.05, 3.63) is 31.9 Å². The molecule has 0 N–H and O–H groups in total. The fraction of sp³-hybridized carbons (Fsp3) is 0.111. The lowest BCUT2D eigenvalue weighted by molar-refractivity contribution is 0.101. The van der Waals surface area contributed by atoms with Gasteiger partial charge < -0.3 is 0 Å². The van der Waals surface area contributed by atoms with Crippen molar-refractivity contribution in [2.24, 2.45) is 0 Å². The molecule has 0 aliphatic heterocycles. The van der Waals surface area contributed by atoms with Crippen LogP contribution >= 0.6 is 34.2 Å². The van der Waals surface area contributed by atoms with Crippen molar-refractivity contribution < 1.29 is 4.79 Å². The molecule has 1 aromatic carbocycles. The third kappa shape index (κ3) is 2.01. The minimum atomic E-state index is -0.180. The van der Waals surface area contributed by atoms with E-state index in [-0.39, 0.29) is 5.78 Å². The van der Waals surface area contributed by atoms with E-state index < -0.39 is 0 Å². The van der Waals surface area contributed by atoms with Gasteiger partial charge in [0.2, 0.25) is 0 Å². The summed E-state index contributed by atoms with van der Waals surface area (Å²) in [6.45, 7) is 1.40. The molecule has 0 radical (unpaired) electrons. The van der Waals surface area contributed by atoms with Crippen LogP contribution in [0.5, 0.6) is 0 Å². The molecule has 0 atom stereocenters. The lowest BCUT2D eigenvalue weighted by atomic mass is 10.1. The first-order valence-corrected chi connectivity index (χ1v) is 4.92. The molecule has 0 saturated carbocycles. The first kappa shape index (κ1) is 10.5. The number of hydrogen-bond acceptors (Lipinski definition) is 2. The van der Waals surface area contributed by atoms with Crippen LogP contribution in [0.4, 0.5) is 0 Å². The predicted octanol–water partition coefficient (Wildman–Crippen LogP) is 3.02. The van der Waals surface area contributed by atoms with Crippen LogP contribution in [0.25, 0.3) is 0 Å². The van der Waals surface area contributed by atoms with Crippen molar-refractivity contribution in [2.45, 2.75) is 6.92 Å². The van der Waals surface area contributed by atoms with Crippen LogP contribution in [0.1, 0.15) is 22.8 Å². The van der Waals surface area contributed by atoms with Crippen LogP contribution in [0.3, 0.4) is 0 Å². The standard InChI is InChI=1S/C9H5ClINO/c1-5(13)8-6(4-12)2-3-7(11)9(8)10/h2-3H,1H3. The second kappa shape index (κ2) is 4.07. The van der Waals surface area contributed by atoms with Gasteiger partial charge in [0.1, 0.15) is 0 Å². The van der Waals surface area contributed by atoms with Gasteiger partial charge in [0, 0.05) is 3.57 Å². The van der Waals surface area contributed by atoms with Crippen molar-refractivity contribution in [1.82, 2.24) is 0 Å². The van der Waals surface area contributed by atoms with Crippen LogP contribution in [-0.2, 0) is 0 Å². The number of nitrogens with zero attached hydrogens (tertiary/aromatic N) is 1. The van der Waals surface area contributed by atoms with Gasteiger partial charge in [-0.3, -0.25) is 4.79 Å². The third-order valence-corrected chi connectivity index (χ3v) is 3.18. The monoisotopic (exact) mass is 305 g/mol. The molecule has 4 heteroatoms. The van der Waals surface area contributed by atoms with Gasteiger partial charge in [-0.05, 0) is 41.6 Å². The van der Waals surface area contributed by atoms with Crippen LogP contribution in [0.2, 0.25) is 5.02 Å². The number of halogens is 2. The summed E-state index contributed by atoms with van der Waals surface area (Å²) in [6, 6.07) is 5.25. The van der Waals surface area contributed by atoms with E-state index in [1.54, 1.807) is 12.1 Å². The van der Waals surface area contributed by atoms with Crippen molar-refractivity contribution in [3.8, 4) is 6.07 Å². The van der Waals surface area contributed by atoms with Crippen LogP contribution in [0.15, 0.2) is 12.1 Å². The third-order valence-electron chi connectivity index (χ3n) is 1.57. The van der Waals surface area contributed by atoms with Crippen LogP contribution < -0.4 is 0 Å². The predicted molar refractivity (Wildman–Crippen MR) is 58.9 cm³/mol. The number of Topliss-reactive ketones (excluding diaryl/α,β-unsaturated/α-hetero) is 1. The minimum absolute atomic E-state index is 0.180. The Morgan fingerprint density at radius 3 is 2.69 bits per heavy atom. The fourth-order valence-corrected chi connectivity index (χ4v) is 1.74. The lowest BCUT2D eigenvalue weighted by Gasteiger charge is -2.03. The Morgan fingerprint density at radius 1 is 1.62 bits per heavy atom. The SMILES string of the molecule is CC(=O)c1c(C#N)ccc(I)c1Cl. The summed E-state index contributed by atoms with van der Waals surface area (Å²) in [4.78, 5) is 11.2. The van der Waals surface area contributed by atoms with Gasteiger partial charge in [-0.25, -0.2) is 0 Å². The minimum Gasteiger partial charge on any atom is -0.294 e. The fourth-order valence-electron chi connectivity index (χ4n) is 0.988. The molecule has 0 aromatic heterocycles. The average molecular weight is 306 g/mol. The zero-order valence-electron chi connectivity index (χ0n) is 6.77. The summed E-state index contributed by atoms with van der Waals surface area (Å²) in [7, 11) is 0. The molecule has 0 fully saturated rings. The molecular formula is C9H5ClINO. The molecule has 2 nitrogen and oxygen atoms in total. The van der Waals surface area contributed by atoms with Gasteiger partial charge in [0.05, 0.1) is 22.2 Å². The molecule has 1 rings (SSSR count). The smallest absolute Gasteiger partial charge is 0.162 e. The van der Waals surface area contributed by atoms with E-state index >= 15 is 0 Å². The molecular weight excluding hydrogens is 300 g/mol. The lowest BCUT2D eigenvalue weighted by Crippen LogP contribution is -1.99. The van der Waals surface area contributed by atoms with E-state index in [9.17, 15) is 4.79 Å². The quantitative estimate of drug-likeness (QED) is 0.591. The maximum Gasteiger partial charge on any atom is 0.162 e. The van der Waals surface area contributed by atoms with Gasteiger partial charge in [-0.1, -0.05) is 11.6 Å². The van der Waals surface area contributed by atoms with Crippen LogP contribution in [-0.4, -0.2) is 5.78 Å². The van der Waals surface area contributed by atoms with Gasteiger partial charge in [-0.15, -0.1) is 0 Å². The van der Waals surface area contributed by atoms with Gasteiger partial charge in [-0.2, -0.15) is 5.26 Å². The number of carbonyl (C=O) groups is 1. The summed E-state index contributed by atoms with van der Waals surface area (Å²) < 4.78 is 0.781. The van der Waals surface area contributed by atoms with E-state index in [0.29, 0.717) is 16.1 Å². The summed E-state index contributed by atoms with van der Waals surface area (Å²) >= 11 is 7.92. The molecule has 0 heterocycles. The summed E-state index contributed by atoms with van der Waals surface area (Å²) in [5.74, 6) is -0.180. The molecule has 0 amide bonds. The number of nitriles is 1. The van der Waals surface area contributed by atoms with E-state index in [4.69, 9.17) is 16.9 Å². The Balaban J connectivity index is 3.53. The Hall–Kier alpha value is -0.600. The number of carbonyl (C=O) groups excluding carboxylic acids is 1. The maximum atomic E-state index is 11.2. The second-order valence-corrected chi connectivity index (χ2v) is 3.99. The highest BCUT2D eigenvalue weighted by atomic mass is 127. The highest BCUT2D eigenvalue weighted by molar-refractivity contribution is 14.1. The van der Waals surface area contributed by atoms with Crippen LogP contribution in [0, 0.1) is 14.9 Å². The maximum absolute atomic E-state index is 11.2. The van der Waals surface area contributed by atoms with Crippen molar-refractivity contribution in [1.29, 1.82) is 5.26 Å². The summed E-state index contributed by atoms with van der Waals surface area (Å²) in [6.07, 6.45) is 0. The average Bonchev–Trinajstić information content (AvgIpc) is 2.08. The molecule has 0 saturated heterocycles. The molecule has 13 heavy (non-hydrogen) atoms. The van der Waals surface area contributed by atoms with Crippen molar-refractivity contribution in [2.75, 3.05) is 0 Å². The van der Waals surface area contributed by atoms with Crippen molar-refractivity contribution >= 4 is 40.0 Å². The Labute approximate surface area is 94.6 Å². The van der Waals surface area contributed by atoms with E-state index in [1.165, 1.54) is 6.92 Å². The summed E-state index contributed by atoms with van der Waals surface area (Å²) in [5.41, 5.74) is 0.647. The first-order chi connectivity index (χ1) is 6.07. The Kier molecular flexibility index (Phi) is 3.28. The zero-order chi connectivity index (χ0) is 10.0. The Bertz CT molecular complexity index is 409. The van der Waals surface area contributed by atoms with Crippen molar-refractivity contribution in [3.63, 3.8) is 0 Å². The molecule has 66 valence electrons. The number of benzene rings is 1. The molecule has 0 bridgehead atoms. The second-order valence-electron chi connectivity index (χ2n) is 2.45. The largest absolute Gasteiger partial charge is 0.294 e. The van der Waals surface area contributed by atoms with E-state index in [0.717, 1.165) is 3.57 Å².